The van der Waals surface area contributed by atoms with E-state index in [0.717, 1.165) is 59.1 Å². The molecule has 0 unspecified atom stereocenters. The lowest BCUT2D eigenvalue weighted by Gasteiger charge is -2.16. The van der Waals surface area contributed by atoms with Crippen molar-refractivity contribution in [1.29, 1.82) is 0 Å². The zero-order valence-corrected chi connectivity index (χ0v) is 19.9. The lowest BCUT2D eigenvalue weighted by Crippen LogP contribution is -2.19. The summed E-state index contributed by atoms with van der Waals surface area (Å²) in [6.07, 6.45) is 3.90. The molecular formula is C28H33FN2O4. The molecule has 1 aliphatic carbocycles. The van der Waals surface area contributed by atoms with Gasteiger partial charge in [0.05, 0.1) is 29.8 Å². The number of carboxylic acid groups (broad SMARTS) is 1. The van der Waals surface area contributed by atoms with Crippen LogP contribution in [0.4, 0.5) is 4.39 Å². The lowest BCUT2D eigenvalue weighted by atomic mass is 9.92. The van der Waals surface area contributed by atoms with Gasteiger partial charge in [0.2, 0.25) is 0 Å². The molecule has 0 aliphatic heterocycles. The number of benzene rings is 2. The summed E-state index contributed by atoms with van der Waals surface area (Å²) in [4.78, 5) is 15.6. The molecule has 2 atom stereocenters. The highest BCUT2D eigenvalue weighted by molar-refractivity contribution is 5.99. The summed E-state index contributed by atoms with van der Waals surface area (Å²) >= 11 is 0. The van der Waals surface area contributed by atoms with Gasteiger partial charge in [0.15, 0.2) is 0 Å². The predicted octanol–water partition coefficient (Wildman–Crippen LogP) is 4.87. The summed E-state index contributed by atoms with van der Waals surface area (Å²) in [5.41, 5.74) is 9.45. The molecule has 1 heterocycles. The Labute approximate surface area is 204 Å². The quantitative estimate of drug-likeness (QED) is 0.347. The second-order valence-electron chi connectivity index (χ2n) is 8.79. The van der Waals surface area contributed by atoms with E-state index in [2.05, 4.69) is 6.92 Å². The van der Waals surface area contributed by atoms with Gasteiger partial charge in [0, 0.05) is 28.9 Å². The van der Waals surface area contributed by atoms with Gasteiger partial charge in [-0.25, -0.2) is 4.39 Å². The number of halogens is 1. The fraction of sp³-hybridized carbons (Fsp3) is 0.357. The van der Waals surface area contributed by atoms with Gasteiger partial charge in [0.25, 0.3) is 0 Å². The monoisotopic (exact) mass is 480 g/mol. The SMILES string of the molecule is CCCN.O=C(O)C[C@H](O)C[C@H](O)/C=C/c1c(C2CC2)nc2ccccc2c1-c1ccc(F)cc1. The molecule has 6 nitrogen and oxygen atoms in total. The number of aromatic nitrogens is 1. The topological polar surface area (TPSA) is 117 Å². The van der Waals surface area contributed by atoms with Gasteiger partial charge in [-0.05, 0) is 49.6 Å². The van der Waals surface area contributed by atoms with E-state index >= 15 is 0 Å². The zero-order valence-electron chi connectivity index (χ0n) is 19.9. The number of aliphatic carboxylic acids is 1. The number of hydrogen-bond donors (Lipinski definition) is 4. The van der Waals surface area contributed by atoms with Gasteiger partial charge in [-0.2, -0.15) is 0 Å². The molecule has 0 spiro atoms. The number of pyridine rings is 1. The van der Waals surface area contributed by atoms with Crippen LogP contribution in [0.1, 0.15) is 56.2 Å². The highest BCUT2D eigenvalue weighted by atomic mass is 19.1. The van der Waals surface area contributed by atoms with Crippen LogP contribution < -0.4 is 5.73 Å². The van der Waals surface area contributed by atoms with E-state index in [4.69, 9.17) is 15.8 Å². The highest BCUT2D eigenvalue weighted by Crippen LogP contribution is 2.45. The Hall–Kier alpha value is -3.13. The number of aliphatic hydroxyl groups excluding tert-OH is 2. The molecule has 0 amide bonds. The van der Waals surface area contributed by atoms with Gasteiger partial charge in [-0.3, -0.25) is 9.78 Å². The molecule has 7 heteroatoms. The summed E-state index contributed by atoms with van der Waals surface area (Å²) in [5, 5.41) is 29.9. The smallest absolute Gasteiger partial charge is 0.305 e. The number of para-hydroxylation sites is 1. The van der Waals surface area contributed by atoms with E-state index in [1.54, 1.807) is 24.3 Å². The molecule has 5 N–H and O–H groups in total. The minimum atomic E-state index is -1.13. The molecule has 4 rings (SSSR count). The Balaban J connectivity index is 0.000000795. The number of rotatable bonds is 9. The van der Waals surface area contributed by atoms with Crippen LogP contribution in [0.2, 0.25) is 0 Å². The van der Waals surface area contributed by atoms with E-state index in [0.29, 0.717) is 5.92 Å². The summed E-state index contributed by atoms with van der Waals surface area (Å²) in [7, 11) is 0. The molecule has 2 aromatic carbocycles. The van der Waals surface area contributed by atoms with E-state index in [9.17, 15) is 19.4 Å². The first-order valence-corrected chi connectivity index (χ1v) is 12.0. The maximum absolute atomic E-state index is 13.6. The first-order chi connectivity index (χ1) is 16.8. The summed E-state index contributed by atoms with van der Waals surface area (Å²) in [6, 6.07) is 14.1. The number of nitrogens with zero attached hydrogens (tertiary/aromatic N) is 1. The molecule has 1 fully saturated rings. The Morgan fingerprint density at radius 1 is 1.17 bits per heavy atom. The van der Waals surface area contributed by atoms with E-state index < -0.39 is 24.6 Å². The molecule has 35 heavy (non-hydrogen) atoms. The normalized spacial score (nSPS) is 15.0. The Morgan fingerprint density at radius 2 is 1.83 bits per heavy atom. The van der Waals surface area contributed by atoms with Gasteiger partial charge in [-0.15, -0.1) is 0 Å². The summed E-state index contributed by atoms with van der Waals surface area (Å²) < 4.78 is 13.6. The molecule has 0 radical (unpaired) electrons. The minimum Gasteiger partial charge on any atom is -0.481 e. The lowest BCUT2D eigenvalue weighted by molar-refractivity contribution is -0.139. The largest absolute Gasteiger partial charge is 0.481 e. The average Bonchev–Trinajstić information content (AvgIpc) is 3.67. The van der Waals surface area contributed by atoms with Crippen molar-refractivity contribution in [3.8, 4) is 11.1 Å². The molecule has 1 aliphatic rings. The Morgan fingerprint density at radius 3 is 2.43 bits per heavy atom. The zero-order chi connectivity index (χ0) is 25.4. The van der Waals surface area contributed by atoms with Crippen LogP contribution in [-0.4, -0.2) is 45.0 Å². The van der Waals surface area contributed by atoms with Crippen LogP contribution in [-0.2, 0) is 4.79 Å². The molecule has 3 aromatic rings. The maximum atomic E-state index is 13.6. The van der Waals surface area contributed by atoms with Crippen molar-refractivity contribution < 1.29 is 24.5 Å². The van der Waals surface area contributed by atoms with Crippen molar-refractivity contribution in [3.05, 3.63) is 71.7 Å². The third-order valence-corrected chi connectivity index (χ3v) is 5.75. The maximum Gasteiger partial charge on any atom is 0.305 e. The number of carbonyl (C=O) groups is 1. The van der Waals surface area contributed by atoms with Gasteiger partial charge in [-0.1, -0.05) is 49.4 Å². The number of nitrogens with two attached hydrogens (primary N) is 1. The first kappa shape index (κ1) is 26.5. The van der Waals surface area contributed by atoms with Crippen LogP contribution in [0, 0.1) is 5.82 Å². The van der Waals surface area contributed by atoms with Crippen LogP contribution >= 0.6 is 0 Å². The molecule has 1 aromatic heterocycles. The van der Waals surface area contributed by atoms with Gasteiger partial charge >= 0.3 is 5.97 Å². The summed E-state index contributed by atoms with van der Waals surface area (Å²) in [6.45, 7) is 2.88. The number of hydrogen-bond acceptors (Lipinski definition) is 5. The van der Waals surface area contributed by atoms with Crippen molar-refractivity contribution in [1.82, 2.24) is 4.98 Å². The first-order valence-electron chi connectivity index (χ1n) is 12.0. The third kappa shape index (κ3) is 7.42. The number of fused-ring (bicyclic) bond motifs is 1. The van der Waals surface area contributed by atoms with Crippen LogP contribution in [0.15, 0.2) is 54.6 Å². The second kappa shape index (κ2) is 12.5. The number of aliphatic hydroxyl groups is 2. The second-order valence-corrected chi connectivity index (χ2v) is 8.79. The predicted molar refractivity (Wildman–Crippen MR) is 136 cm³/mol. The standard InChI is InChI=1S/C25H24FNO4.C3H9N/c26-17-9-7-15(8-10-17)24-20-3-1-2-4-22(20)27-25(16-5-6-16)21(24)12-11-18(28)13-19(29)14-23(30)31;1-2-3-4/h1-4,7-12,16,18-19,28-29H,5-6,13-14H2,(H,30,31);2-4H2,1H3/b12-11+;/t18-,19-;/m1./s1. The third-order valence-electron chi connectivity index (χ3n) is 5.75. The van der Waals surface area contributed by atoms with E-state index in [1.807, 2.05) is 24.3 Å². The van der Waals surface area contributed by atoms with Crippen molar-refractivity contribution >= 4 is 22.9 Å². The van der Waals surface area contributed by atoms with Crippen LogP contribution in [0.5, 0.6) is 0 Å². The van der Waals surface area contributed by atoms with Gasteiger partial charge in [0.1, 0.15) is 5.82 Å². The minimum absolute atomic E-state index is 0.0749. The van der Waals surface area contributed by atoms with Crippen molar-refractivity contribution in [3.63, 3.8) is 0 Å². The van der Waals surface area contributed by atoms with Crippen molar-refractivity contribution in [2.75, 3.05) is 6.54 Å². The van der Waals surface area contributed by atoms with E-state index in [1.165, 1.54) is 12.1 Å². The molecule has 1 saturated carbocycles. The van der Waals surface area contributed by atoms with Crippen LogP contribution in [0.25, 0.3) is 28.1 Å². The highest BCUT2D eigenvalue weighted by Gasteiger charge is 2.29. The van der Waals surface area contributed by atoms with Crippen LogP contribution in [0.3, 0.4) is 0 Å². The van der Waals surface area contributed by atoms with Crippen molar-refractivity contribution in [2.45, 2.75) is 57.2 Å². The number of carboxylic acids is 1. The molecule has 186 valence electrons. The van der Waals surface area contributed by atoms with Crippen molar-refractivity contribution in [2.24, 2.45) is 5.73 Å². The fourth-order valence-electron chi connectivity index (χ4n) is 3.86. The molecule has 0 bridgehead atoms. The average molecular weight is 481 g/mol. The summed E-state index contributed by atoms with van der Waals surface area (Å²) in [5.74, 6) is -1.10. The van der Waals surface area contributed by atoms with E-state index in [-0.39, 0.29) is 12.2 Å². The molecule has 0 saturated heterocycles. The fourth-order valence-corrected chi connectivity index (χ4v) is 3.86. The van der Waals surface area contributed by atoms with Gasteiger partial charge < -0.3 is 21.1 Å². The Kier molecular flexibility index (Phi) is 9.48. The molecular weight excluding hydrogens is 447 g/mol. The Bertz CT molecular complexity index is 1160.